The molecule has 12 heteroatoms. The van der Waals surface area contributed by atoms with Crippen LogP contribution < -0.4 is 19.9 Å². The zero-order valence-corrected chi connectivity index (χ0v) is 23.1. The number of benzene rings is 1. The van der Waals surface area contributed by atoms with Crippen LogP contribution in [0.1, 0.15) is 31.5 Å². The average Bonchev–Trinajstić information content (AvgIpc) is 3.55. The fraction of sp³-hybridized carbons (Fsp3) is 0.414. The van der Waals surface area contributed by atoms with E-state index >= 15 is 0 Å². The third-order valence-electron chi connectivity index (χ3n) is 7.21. The molecule has 3 heterocycles. The Morgan fingerprint density at radius 1 is 1.10 bits per heavy atom. The van der Waals surface area contributed by atoms with Crippen LogP contribution in [0.25, 0.3) is 21.3 Å². The van der Waals surface area contributed by atoms with E-state index in [0.717, 1.165) is 22.5 Å². The number of likely N-dealkylation sites (N-methyl/N-ethyl adjacent to an activating group) is 1. The zero-order valence-electron chi connectivity index (χ0n) is 28.3. The summed E-state index contributed by atoms with van der Waals surface area (Å²) in [5, 5.41) is 14.9. The molecule has 4 aromatic rings. The number of rotatable bonds is 9. The average molecular weight is 593 g/mol. The van der Waals surface area contributed by atoms with Gasteiger partial charge in [0.2, 0.25) is 0 Å². The standard InChI is InChI=1S/C29H33F3N6O2S/c1-37(2)27-25(40-4)9-19(15-34-27)18-7-5-17(6-8-18)14-33-20-10-23(24(39)11-20)38(3)26-22-12-21(13-29(30,31)32)41-28(22)36-16-35-26/h5-9,12,15-16,20,23-24,33,39H,10-11,13-14H2,1-4H3/t20-,23+,24-/m1/s1/i1D3,2D3. The lowest BCUT2D eigenvalue weighted by molar-refractivity contribution is -0.126. The summed E-state index contributed by atoms with van der Waals surface area (Å²) >= 11 is 0.985. The van der Waals surface area contributed by atoms with Gasteiger partial charge in [-0.3, -0.25) is 0 Å². The van der Waals surface area contributed by atoms with Gasteiger partial charge in [0, 0.05) is 58.4 Å². The van der Waals surface area contributed by atoms with Crippen molar-refractivity contribution in [3.8, 4) is 16.9 Å². The molecule has 1 aliphatic rings. The summed E-state index contributed by atoms with van der Waals surface area (Å²) in [6, 6.07) is 10.2. The van der Waals surface area contributed by atoms with Crippen LogP contribution >= 0.6 is 11.3 Å². The molecular formula is C29H33F3N6O2S. The van der Waals surface area contributed by atoms with Crippen molar-refractivity contribution < 1.29 is 31.2 Å². The Hall–Kier alpha value is -3.48. The van der Waals surface area contributed by atoms with Gasteiger partial charge in [-0.25, -0.2) is 15.0 Å². The van der Waals surface area contributed by atoms with E-state index in [-0.39, 0.29) is 33.4 Å². The molecule has 0 radical (unpaired) electrons. The Morgan fingerprint density at radius 3 is 2.59 bits per heavy atom. The first-order chi connectivity index (χ1) is 21.9. The first kappa shape index (κ1) is 22.2. The number of hydrogen-bond donors (Lipinski definition) is 2. The highest BCUT2D eigenvalue weighted by Gasteiger charge is 2.37. The van der Waals surface area contributed by atoms with E-state index in [1.807, 2.05) is 29.2 Å². The lowest BCUT2D eigenvalue weighted by atomic mass is 10.0. The van der Waals surface area contributed by atoms with Crippen LogP contribution in [0.4, 0.5) is 24.8 Å². The first-order valence-corrected chi connectivity index (χ1v) is 13.6. The predicted molar refractivity (Wildman–Crippen MR) is 156 cm³/mol. The van der Waals surface area contributed by atoms with Crippen molar-refractivity contribution in [2.45, 2.75) is 50.2 Å². The van der Waals surface area contributed by atoms with Crippen LogP contribution in [0.5, 0.6) is 5.75 Å². The van der Waals surface area contributed by atoms with Gasteiger partial charge in [-0.05, 0) is 36.1 Å². The van der Waals surface area contributed by atoms with Gasteiger partial charge in [0.05, 0.1) is 31.1 Å². The molecule has 1 fully saturated rings. The van der Waals surface area contributed by atoms with E-state index < -0.39 is 32.7 Å². The van der Waals surface area contributed by atoms with Gasteiger partial charge >= 0.3 is 6.18 Å². The summed E-state index contributed by atoms with van der Waals surface area (Å²) in [4.78, 5) is 15.3. The summed E-state index contributed by atoms with van der Waals surface area (Å²) in [6.07, 6.45) is -2.27. The zero-order chi connectivity index (χ0) is 34.3. The Balaban J connectivity index is 1.23. The summed E-state index contributed by atoms with van der Waals surface area (Å²) in [5.41, 5.74) is 2.31. The minimum atomic E-state index is -4.33. The highest BCUT2D eigenvalue weighted by Crippen LogP contribution is 2.36. The van der Waals surface area contributed by atoms with Crippen molar-refractivity contribution in [2.75, 3.05) is 37.9 Å². The number of hydrogen-bond acceptors (Lipinski definition) is 9. The summed E-state index contributed by atoms with van der Waals surface area (Å²) < 4.78 is 90.3. The number of nitrogens with one attached hydrogen (secondary N) is 1. The maximum absolute atomic E-state index is 13.0. The summed E-state index contributed by atoms with van der Waals surface area (Å²) in [6.45, 7) is -5.44. The quantitative estimate of drug-likeness (QED) is 0.279. The number of thiophene rings is 1. The fourth-order valence-corrected chi connectivity index (χ4v) is 6.20. The topological polar surface area (TPSA) is 86.6 Å². The van der Waals surface area contributed by atoms with Crippen LogP contribution in [0.15, 0.2) is 48.9 Å². The van der Waals surface area contributed by atoms with Crippen LogP contribution in [-0.2, 0) is 13.0 Å². The largest absolute Gasteiger partial charge is 0.493 e. The van der Waals surface area contributed by atoms with E-state index in [1.165, 1.54) is 31.8 Å². The number of ether oxygens (including phenoxy) is 1. The SMILES string of the molecule is [2H]C([2H])([2H])N(c1ncc(-c2ccc(CN[C@H]3C[C@@H](O)[C@@H](N(C)c4ncnc5sc(CC(F)(F)F)cc45)C3)cc2)cc1OC)C([2H])([2H])[2H]. The number of anilines is 2. The highest BCUT2D eigenvalue weighted by atomic mass is 32.1. The summed E-state index contributed by atoms with van der Waals surface area (Å²) in [7, 11) is 3.08. The molecule has 3 atom stereocenters. The molecular weight excluding hydrogens is 553 g/mol. The molecule has 5 rings (SSSR count). The van der Waals surface area contributed by atoms with E-state index in [9.17, 15) is 18.3 Å². The van der Waals surface area contributed by atoms with E-state index in [2.05, 4.69) is 20.3 Å². The number of aliphatic hydroxyl groups excluding tert-OH is 1. The third-order valence-corrected chi connectivity index (χ3v) is 8.25. The molecule has 0 amide bonds. The molecule has 0 aliphatic heterocycles. The minimum Gasteiger partial charge on any atom is -0.493 e. The number of aromatic nitrogens is 3. The molecule has 0 bridgehead atoms. The van der Waals surface area contributed by atoms with Crippen LogP contribution in [0, 0.1) is 0 Å². The van der Waals surface area contributed by atoms with Gasteiger partial charge in [0.25, 0.3) is 0 Å². The Labute approximate surface area is 249 Å². The number of aliphatic hydroxyl groups is 1. The number of methoxy groups -OCH3 is 1. The van der Waals surface area contributed by atoms with Crippen LogP contribution in [-0.4, -0.2) is 72.5 Å². The van der Waals surface area contributed by atoms with E-state index in [4.69, 9.17) is 13.0 Å². The number of pyridine rings is 1. The molecule has 3 aromatic heterocycles. The van der Waals surface area contributed by atoms with Gasteiger partial charge in [0.15, 0.2) is 11.6 Å². The van der Waals surface area contributed by atoms with Gasteiger partial charge in [-0.2, -0.15) is 13.2 Å². The Kier molecular flexibility index (Phi) is 6.37. The molecule has 41 heavy (non-hydrogen) atoms. The maximum Gasteiger partial charge on any atom is 0.393 e. The van der Waals surface area contributed by atoms with Crippen LogP contribution in [0.3, 0.4) is 0 Å². The van der Waals surface area contributed by atoms with Crippen molar-refractivity contribution in [1.29, 1.82) is 0 Å². The van der Waals surface area contributed by atoms with Crippen molar-refractivity contribution >= 4 is 33.2 Å². The summed E-state index contributed by atoms with van der Waals surface area (Å²) in [5.74, 6) is 0.164. The Morgan fingerprint density at radius 2 is 1.88 bits per heavy atom. The highest BCUT2D eigenvalue weighted by molar-refractivity contribution is 7.18. The number of halogens is 3. The Bertz CT molecular complexity index is 1690. The molecule has 1 aliphatic carbocycles. The second-order valence-electron chi connectivity index (χ2n) is 10.00. The number of fused-ring (bicyclic) bond motifs is 1. The number of nitrogens with zero attached hydrogens (tertiary/aromatic N) is 5. The van der Waals surface area contributed by atoms with Gasteiger partial charge in [-0.15, -0.1) is 11.3 Å². The minimum absolute atomic E-state index is 0.00301. The van der Waals surface area contributed by atoms with Crippen molar-refractivity contribution in [3.05, 3.63) is 59.4 Å². The molecule has 0 unspecified atom stereocenters. The molecule has 1 aromatic carbocycles. The lowest BCUT2D eigenvalue weighted by Gasteiger charge is -2.28. The van der Waals surface area contributed by atoms with Gasteiger partial charge < -0.3 is 25.0 Å². The van der Waals surface area contributed by atoms with E-state index in [1.54, 1.807) is 7.05 Å². The predicted octanol–water partition coefficient (Wildman–Crippen LogP) is 5.05. The normalized spacial score (nSPS) is 21.9. The maximum atomic E-state index is 13.0. The number of alkyl halides is 3. The fourth-order valence-electron chi connectivity index (χ4n) is 5.18. The van der Waals surface area contributed by atoms with Gasteiger partial charge in [-0.1, -0.05) is 24.3 Å². The van der Waals surface area contributed by atoms with Crippen molar-refractivity contribution in [1.82, 2.24) is 20.3 Å². The lowest BCUT2D eigenvalue weighted by Crippen LogP contribution is -2.38. The second kappa shape index (κ2) is 11.8. The third kappa shape index (κ3) is 6.55. The molecule has 8 nitrogen and oxygen atoms in total. The molecule has 218 valence electrons. The van der Waals surface area contributed by atoms with Gasteiger partial charge in [0.1, 0.15) is 17.0 Å². The van der Waals surface area contributed by atoms with Crippen molar-refractivity contribution in [2.24, 2.45) is 0 Å². The van der Waals surface area contributed by atoms with Crippen LogP contribution in [0.2, 0.25) is 0 Å². The smallest absolute Gasteiger partial charge is 0.393 e. The second-order valence-corrected chi connectivity index (χ2v) is 11.1. The molecule has 2 N–H and O–H groups in total. The molecule has 0 saturated heterocycles. The van der Waals surface area contributed by atoms with E-state index in [0.29, 0.717) is 41.0 Å². The molecule has 1 saturated carbocycles. The molecule has 0 spiro atoms. The first-order valence-electron chi connectivity index (χ1n) is 15.8. The van der Waals surface area contributed by atoms with Crippen molar-refractivity contribution in [3.63, 3.8) is 0 Å². The monoisotopic (exact) mass is 592 g/mol.